The molecule has 0 spiro atoms. The Bertz CT molecular complexity index is 1340. The van der Waals surface area contributed by atoms with Crippen LogP contribution in [0.2, 0.25) is 0 Å². The number of fused-ring (bicyclic) bond motifs is 1. The number of amides is 2. The number of carbonyl (C=O) groups excluding carboxylic acids is 2. The molecule has 0 radical (unpaired) electrons. The minimum absolute atomic E-state index is 0.00203. The van der Waals surface area contributed by atoms with E-state index in [0.29, 0.717) is 17.9 Å². The van der Waals surface area contributed by atoms with Gasteiger partial charge in [0.05, 0.1) is 18.4 Å². The smallest absolute Gasteiger partial charge is 0.326 e. The zero-order valence-electron chi connectivity index (χ0n) is 21.8. The molecule has 0 aliphatic rings. The average molecular weight is 539 g/mol. The van der Waals surface area contributed by atoms with Gasteiger partial charge in [-0.15, -0.1) is 0 Å². The van der Waals surface area contributed by atoms with Crippen LogP contribution < -0.4 is 27.2 Å². The Morgan fingerprint density at radius 1 is 1.08 bits per heavy atom. The predicted octanol–water partition coefficient (Wildman–Crippen LogP) is 1.96. The van der Waals surface area contributed by atoms with Crippen LogP contribution in [-0.2, 0) is 16.1 Å². The summed E-state index contributed by atoms with van der Waals surface area (Å²) in [5.41, 5.74) is 6.67. The third kappa shape index (κ3) is 9.05. The number of H-pyrrole nitrogens is 1. The lowest BCUT2D eigenvalue weighted by Crippen LogP contribution is -2.41. The summed E-state index contributed by atoms with van der Waals surface area (Å²) in [5.74, 6) is -2.04. The zero-order valence-corrected chi connectivity index (χ0v) is 21.8. The van der Waals surface area contributed by atoms with Crippen molar-refractivity contribution in [3.63, 3.8) is 0 Å². The van der Waals surface area contributed by atoms with E-state index in [1.165, 1.54) is 12.6 Å². The number of nitrogens with zero attached hydrogens (tertiary/aromatic N) is 3. The largest absolute Gasteiger partial charge is 0.480 e. The molecule has 13 nitrogen and oxygen atoms in total. The molecule has 0 saturated carbocycles. The van der Waals surface area contributed by atoms with E-state index >= 15 is 0 Å². The van der Waals surface area contributed by atoms with Gasteiger partial charge in [-0.05, 0) is 37.1 Å². The summed E-state index contributed by atoms with van der Waals surface area (Å²) < 4.78 is 0. The van der Waals surface area contributed by atoms with Gasteiger partial charge >= 0.3 is 5.97 Å². The molecule has 0 unspecified atom stereocenters. The second-order valence-corrected chi connectivity index (χ2v) is 9.08. The Kier molecular flexibility index (Phi) is 10.7. The molecule has 1 aromatic carbocycles. The summed E-state index contributed by atoms with van der Waals surface area (Å²) >= 11 is 0. The van der Waals surface area contributed by atoms with Crippen LogP contribution >= 0.6 is 0 Å². The number of carbonyl (C=O) groups is 3. The zero-order chi connectivity index (χ0) is 28.2. The number of carboxylic acid groups (broad SMARTS) is 1. The maximum absolute atomic E-state index is 12.6. The third-order valence-corrected chi connectivity index (χ3v) is 5.97. The second kappa shape index (κ2) is 14.4. The molecule has 1 atom stereocenters. The first-order valence-corrected chi connectivity index (χ1v) is 12.9. The number of nitrogens with one attached hydrogen (secondary N) is 4. The van der Waals surface area contributed by atoms with Gasteiger partial charge in [0.2, 0.25) is 11.9 Å². The summed E-state index contributed by atoms with van der Waals surface area (Å²) in [6.07, 6.45) is 6.85. The van der Waals surface area contributed by atoms with Crippen molar-refractivity contribution in [2.24, 2.45) is 0 Å². The first-order chi connectivity index (χ1) is 18.8. The molecule has 3 aromatic rings. The molecule has 7 N–H and O–H groups in total. The molecule has 2 heterocycles. The van der Waals surface area contributed by atoms with Gasteiger partial charge in [0.1, 0.15) is 6.04 Å². The van der Waals surface area contributed by atoms with E-state index in [2.05, 4.69) is 42.8 Å². The third-order valence-electron chi connectivity index (χ3n) is 5.97. The van der Waals surface area contributed by atoms with Crippen molar-refractivity contribution < 1.29 is 19.5 Å². The van der Waals surface area contributed by atoms with Crippen LogP contribution in [0.25, 0.3) is 11.2 Å². The quantitative estimate of drug-likeness (QED) is 0.155. The van der Waals surface area contributed by atoms with E-state index in [4.69, 9.17) is 5.73 Å². The van der Waals surface area contributed by atoms with Gasteiger partial charge in [0.15, 0.2) is 11.2 Å². The molecule has 13 heteroatoms. The van der Waals surface area contributed by atoms with Crippen LogP contribution in [0.3, 0.4) is 0 Å². The molecule has 0 aliphatic heterocycles. The molecule has 0 saturated heterocycles. The van der Waals surface area contributed by atoms with E-state index in [1.807, 2.05) is 0 Å². The van der Waals surface area contributed by atoms with Crippen LogP contribution in [0, 0.1) is 0 Å². The van der Waals surface area contributed by atoms with Gasteiger partial charge < -0.3 is 26.8 Å². The van der Waals surface area contributed by atoms with Crippen molar-refractivity contribution in [3.8, 4) is 0 Å². The number of anilines is 2. The molecule has 0 bridgehead atoms. The van der Waals surface area contributed by atoms with Gasteiger partial charge in [0.25, 0.3) is 11.5 Å². The van der Waals surface area contributed by atoms with Gasteiger partial charge in [0, 0.05) is 24.2 Å². The van der Waals surface area contributed by atoms with Crippen LogP contribution in [0.5, 0.6) is 0 Å². The summed E-state index contributed by atoms with van der Waals surface area (Å²) in [6.45, 7) is 2.95. The monoisotopic (exact) mass is 538 g/mol. The number of aromatic nitrogens is 4. The number of nitrogen functional groups attached to an aromatic ring is 1. The van der Waals surface area contributed by atoms with Gasteiger partial charge in [-0.1, -0.05) is 32.6 Å². The number of hydrogen-bond donors (Lipinski definition) is 6. The second-order valence-electron chi connectivity index (χ2n) is 9.08. The van der Waals surface area contributed by atoms with E-state index in [-0.39, 0.29) is 48.0 Å². The molecule has 39 heavy (non-hydrogen) atoms. The van der Waals surface area contributed by atoms with Crippen LogP contribution in [-0.4, -0.2) is 55.4 Å². The molecule has 0 aliphatic carbocycles. The molecular formula is C26H34N8O5. The number of aromatic amines is 1. The average Bonchev–Trinajstić information content (AvgIpc) is 2.91. The van der Waals surface area contributed by atoms with Gasteiger partial charge in [-0.2, -0.15) is 4.98 Å². The Morgan fingerprint density at radius 3 is 2.54 bits per heavy atom. The fraction of sp³-hybridized carbons (Fsp3) is 0.423. The summed E-state index contributed by atoms with van der Waals surface area (Å²) in [4.78, 5) is 63.0. The fourth-order valence-electron chi connectivity index (χ4n) is 3.81. The Morgan fingerprint density at radius 2 is 1.82 bits per heavy atom. The SMILES string of the molecule is CCCCCCCNC(=O)CC[C@H](NC(=O)c1ccc(NCc2cnc3nc(N)[nH]c(=O)c3n2)cc1)C(=O)O. The minimum Gasteiger partial charge on any atom is -0.480 e. The maximum atomic E-state index is 12.6. The van der Waals surface area contributed by atoms with E-state index in [0.717, 1.165) is 25.7 Å². The van der Waals surface area contributed by atoms with Crippen molar-refractivity contribution in [2.45, 2.75) is 64.5 Å². The van der Waals surface area contributed by atoms with Crippen LogP contribution in [0.15, 0.2) is 35.3 Å². The van der Waals surface area contributed by atoms with Crippen LogP contribution in [0.1, 0.15) is 67.9 Å². The maximum Gasteiger partial charge on any atom is 0.326 e. The van der Waals surface area contributed by atoms with Gasteiger partial charge in [-0.3, -0.25) is 19.4 Å². The number of unbranched alkanes of at least 4 members (excludes halogenated alkanes) is 4. The standard InChI is InChI=1S/C26H34N8O5/c1-2-3-4-5-6-13-28-20(35)12-11-19(25(38)39)32-23(36)16-7-9-17(10-8-16)29-14-18-15-30-22-21(31-18)24(37)34-26(27)33-22/h7-10,15,19,29H,2-6,11-14H2,1H3,(H,28,35)(H,32,36)(H,38,39)(H3,27,30,33,34,37)/t19-/m0/s1. The number of benzene rings is 1. The normalized spacial score (nSPS) is 11.6. The molecule has 0 fully saturated rings. The van der Waals surface area contributed by atoms with Crippen molar-refractivity contribution in [2.75, 3.05) is 17.6 Å². The number of carboxylic acids is 1. The topological polar surface area (TPSA) is 205 Å². The highest BCUT2D eigenvalue weighted by Crippen LogP contribution is 2.12. The molecule has 2 amide bonds. The first-order valence-electron chi connectivity index (χ1n) is 12.9. The number of hydrogen-bond acceptors (Lipinski definition) is 9. The van der Waals surface area contributed by atoms with Crippen molar-refractivity contribution in [1.82, 2.24) is 30.6 Å². The first kappa shape index (κ1) is 29.0. The molecular weight excluding hydrogens is 504 g/mol. The lowest BCUT2D eigenvalue weighted by Gasteiger charge is -2.15. The highest BCUT2D eigenvalue weighted by atomic mass is 16.4. The lowest BCUT2D eigenvalue weighted by atomic mass is 10.1. The highest BCUT2D eigenvalue weighted by molar-refractivity contribution is 5.97. The highest BCUT2D eigenvalue weighted by Gasteiger charge is 2.21. The predicted molar refractivity (Wildman–Crippen MR) is 146 cm³/mol. The Labute approximate surface area is 225 Å². The number of aliphatic carboxylic acids is 1. The summed E-state index contributed by atoms with van der Waals surface area (Å²) in [6, 6.07) is 5.21. The Hall–Kier alpha value is -4.55. The van der Waals surface area contributed by atoms with E-state index in [9.17, 15) is 24.3 Å². The van der Waals surface area contributed by atoms with Gasteiger partial charge in [-0.25, -0.2) is 14.8 Å². The molecule has 2 aromatic heterocycles. The van der Waals surface area contributed by atoms with E-state index in [1.54, 1.807) is 24.3 Å². The van der Waals surface area contributed by atoms with E-state index < -0.39 is 23.5 Å². The van der Waals surface area contributed by atoms with Crippen LogP contribution in [0.4, 0.5) is 11.6 Å². The van der Waals surface area contributed by atoms with Crippen molar-refractivity contribution in [1.29, 1.82) is 0 Å². The number of nitrogens with two attached hydrogens (primary N) is 1. The van der Waals surface area contributed by atoms with Crippen molar-refractivity contribution in [3.05, 3.63) is 52.1 Å². The summed E-state index contributed by atoms with van der Waals surface area (Å²) in [5, 5.41) is 17.9. The van der Waals surface area contributed by atoms with Crippen molar-refractivity contribution >= 4 is 40.6 Å². The minimum atomic E-state index is -1.21. The number of rotatable bonds is 15. The fourth-order valence-corrected chi connectivity index (χ4v) is 3.81. The summed E-state index contributed by atoms with van der Waals surface area (Å²) in [7, 11) is 0. The molecule has 3 rings (SSSR count). The Balaban J connectivity index is 1.47. The lowest BCUT2D eigenvalue weighted by molar-refractivity contribution is -0.139. The molecule has 208 valence electrons.